The van der Waals surface area contributed by atoms with Crippen LogP contribution in [0.15, 0.2) is 60.9 Å². The van der Waals surface area contributed by atoms with Crippen molar-refractivity contribution in [2.24, 2.45) is 5.73 Å². The van der Waals surface area contributed by atoms with Gasteiger partial charge in [-0.15, -0.1) is 0 Å². The lowest BCUT2D eigenvalue weighted by molar-refractivity contribution is 1.21. The van der Waals surface area contributed by atoms with Gasteiger partial charge in [0.05, 0.1) is 0 Å². The SMILES string of the molecule is N/C=C\c1ccccc1/C=C1\NC=Cc2ccccc21. The van der Waals surface area contributed by atoms with E-state index in [9.17, 15) is 0 Å². The minimum atomic E-state index is 1.10. The van der Waals surface area contributed by atoms with Crippen LogP contribution < -0.4 is 11.1 Å². The van der Waals surface area contributed by atoms with E-state index in [2.05, 4.69) is 53.9 Å². The van der Waals surface area contributed by atoms with Gasteiger partial charge < -0.3 is 11.1 Å². The number of benzene rings is 2. The van der Waals surface area contributed by atoms with Crippen LogP contribution >= 0.6 is 0 Å². The summed E-state index contributed by atoms with van der Waals surface area (Å²) in [7, 11) is 0. The van der Waals surface area contributed by atoms with Crippen LogP contribution in [-0.2, 0) is 0 Å². The summed E-state index contributed by atoms with van der Waals surface area (Å²) in [6, 6.07) is 16.5. The minimum Gasteiger partial charge on any atom is -0.405 e. The Kier molecular flexibility index (Phi) is 3.38. The van der Waals surface area contributed by atoms with Gasteiger partial charge in [0.15, 0.2) is 0 Å². The third kappa shape index (κ3) is 2.36. The van der Waals surface area contributed by atoms with E-state index in [1.54, 1.807) is 6.20 Å². The molecule has 98 valence electrons. The Morgan fingerprint density at radius 2 is 1.65 bits per heavy atom. The van der Waals surface area contributed by atoms with Crippen molar-refractivity contribution in [3.8, 4) is 0 Å². The summed E-state index contributed by atoms with van der Waals surface area (Å²) in [5.74, 6) is 0. The molecule has 0 aromatic heterocycles. The van der Waals surface area contributed by atoms with Crippen molar-refractivity contribution in [1.29, 1.82) is 0 Å². The van der Waals surface area contributed by atoms with E-state index in [1.807, 2.05) is 24.4 Å². The number of fused-ring (bicyclic) bond motifs is 1. The standard InChI is InChI=1S/C18H16N2/c19-11-9-14-5-1-2-7-16(14)13-18-17-8-4-3-6-15(17)10-12-20-18/h1-13,20H,19H2/b11-9-,18-13-. The molecule has 3 rings (SSSR count). The van der Waals surface area contributed by atoms with Crippen LogP contribution in [0.2, 0.25) is 0 Å². The number of nitrogens with one attached hydrogen (secondary N) is 1. The summed E-state index contributed by atoms with van der Waals surface area (Å²) < 4.78 is 0. The van der Waals surface area contributed by atoms with E-state index in [-0.39, 0.29) is 0 Å². The quantitative estimate of drug-likeness (QED) is 0.864. The first-order chi connectivity index (χ1) is 9.88. The topological polar surface area (TPSA) is 38.0 Å². The second-order valence-electron chi connectivity index (χ2n) is 4.61. The molecule has 1 aliphatic rings. The highest BCUT2D eigenvalue weighted by Crippen LogP contribution is 2.25. The summed E-state index contributed by atoms with van der Waals surface area (Å²) in [5.41, 5.74) is 11.3. The molecule has 0 bridgehead atoms. The van der Waals surface area contributed by atoms with E-state index in [1.165, 1.54) is 11.1 Å². The van der Waals surface area contributed by atoms with E-state index in [0.717, 1.165) is 16.8 Å². The van der Waals surface area contributed by atoms with Crippen molar-refractivity contribution < 1.29 is 0 Å². The molecule has 2 nitrogen and oxygen atoms in total. The molecule has 0 spiro atoms. The predicted octanol–water partition coefficient (Wildman–Crippen LogP) is 3.69. The molecule has 0 amide bonds. The molecule has 0 unspecified atom stereocenters. The Morgan fingerprint density at radius 3 is 2.50 bits per heavy atom. The Bertz CT molecular complexity index is 709. The lowest BCUT2D eigenvalue weighted by Gasteiger charge is -2.16. The van der Waals surface area contributed by atoms with Gasteiger partial charge >= 0.3 is 0 Å². The maximum Gasteiger partial charge on any atom is 0.0465 e. The molecule has 2 heteroatoms. The fourth-order valence-electron chi connectivity index (χ4n) is 2.36. The lowest BCUT2D eigenvalue weighted by atomic mass is 9.98. The van der Waals surface area contributed by atoms with Gasteiger partial charge in [0.1, 0.15) is 0 Å². The van der Waals surface area contributed by atoms with Gasteiger partial charge in [-0.3, -0.25) is 0 Å². The molecule has 3 N–H and O–H groups in total. The minimum absolute atomic E-state index is 1.10. The average Bonchev–Trinajstić information content (AvgIpc) is 2.50. The number of rotatable bonds is 2. The first kappa shape index (κ1) is 12.3. The molecular formula is C18H16N2. The first-order valence-electron chi connectivity index (χ1n) is 6.60. The molecule has 0 atom stereocenters. The molecule has 0 fully saturated rings. The van der Waals surface area contributed by atoms with Crippen molar-refractivity contribution in [2.75, 3.05) is 0 Å². The van der Waals surface area contributed by atoms with Gasteiger partial charge in [0.25, 0.3) is 0 Å². The van der Waals surface area contributed by atoms with E-state index >= 15 is 0 Å². The first-order valence-corrected chi connectivity index (χ1v) is 6.60. The number of hydrogen-bond donors (Lipinski definition) is 2. The van der Waals surface area contributed by atoms with Crippen LogP contribution in [-0.4, -0.2) is 0 Å². The molecular weight excluding hydrogens is 244 g/mol. The molecule has 1 heterocycles. The molecule has 2 aromatic rings. The number of hydrogen-bond acceptors (Lipinski definition) is 2. The number of nitrogens with two attached hydrogens (primary N) is 1. The summed E-state index contributed by atoms with van der Waals surface area (Å²) in [6.07, 6.45) is 9.68. The third-order valence-corrected chi connectivity index (χ3v) is 3.32. The molecule has 0 aliphatic carbocycles. The van der Waals surface area contributed by atoms with E-state index in [4.69, 9.17) is 5.73 Å². The van der Waals surface area contributed by atoms with Gasteiger partial charge in [0, 0.05) is 17.5 Å². The van der Waals surface area contributed by atoms with Gasteiger partial charge in [-0.1, -0.05) is 48.5 Å². The Balaban J connectivity index is 2.08. The normalized spacial score (nSPS) is 15.3. The second kappa shape index (κ2) is 5.49. The van der Waals surface area contributed by atoms with Crippen LogP contribution in [0.5, 0.6) is 0 Å². The van der Waals surface area contributed by atoms with Gasteiger partial charge in [0.2, 0.25) is 0 Å². The summed E-state index contributed by atoms with van der Waals surface area (Å²) in [5, 5.41) is 3.32. The van der Waals surface area contributed by atoms with Gasteiger partial charge in [-0.2, -0.15) is 0 Å². The molecule has 20 heavy (non-hydrogen) atoms. The molecule has 0 saturated carbocycles. The van der Waals surface area contributed by atoms with E-state index < -0.39 is 0 Å². The van der Waals surface area contributed by atoms with Crippen LogP contribution in [0, 0.1) is 0 Å². The van der Waals surface area contributed by atoms with Crippen molar-refractivity contribution >= 4 is 23.9 Å². The van der Waals surface area contributed by atoms with Crippen molar-refractivity contribution in [1.82, 2.24) is 5.32 Å². The monoisotopic (exact) mass is 260 g/mol. The van der Waals surface area contributed by atoms with E-state index in [0.29, 0.717) is 0 Å². The zero-order valence-electron chi connectivity index (χ0n) is 11.1. The Labute approximate surface area is 118 Å². The molecule has 0 saturated heterocycles. The third-order valence-electron chi connectivity index (χ3n) is 3.32. The van der Waals surface area contributed by atoms with Gasteiger partial charge in [-0.05, 0) is 41.1 Å². The fourth-order valence-corrected chi connectivity index (χ4v) is 2.36. The second-order valence-corrected chi connectivity index (χ2v) is 4.61. The Morgan fingerprint density at radius 1 is 0.900 bits per heavy atom. The highest BCUT2D eigenvalue weighted by molar-refractivity contribution is 5.88. The molecule has 0 radical (unpaired) electrons. The van der Waals surface area contributed by atoms with Crippen LogP contribution in [0.4, 0.5) is 0 Å². The smallest absolute Gasteiger partial charge is 0.0465 e. The largest absolute Gasteiger partial charge is 0.405 e. The zero-order valence-corrected chi connectivity index (χ0v) is 11.1. The summed E-state index contributed by atoms with van der Waals surface area (Å²) in [4.78, 5) is 0. The maximum atomic E-state index is 5.51. The van der Waals surface area contributed by atoms with Crippen LogP contribution in [0.1, 0.15) is 22.3 Å². The Hall–Kier alpha value is -2.74. The lowest BCUT2D eigenvalue weighted by Crippen LogP contribution is -2.09. The highest BCUT2D eigenvalue weighted by atomic mass is 14.9. The maximum absolute atomic E-state index is 5.51. The molecule has 2 aromatic carbocycles. The summed E-state index contributed by atoms with van der Waals surface area (Å²) in [6.45, 7) is 0. The fraction of sp³-hybridized carbons (Fsp3) is 0. The van der Waals surface area contributed by atoms with Crippen LogP contribution in [0.25, 0.3) is 23.9 Å². The predicted molar refractivity (Wildman–Crippen MR) is 86.1 cm³/mol. The zero-order chi connectivity index (χ0) is 13.8. The highest BCUT2D eigenvalue weighted by Gasteiger charge is 2.09. The van der Waals surface area contributed by atoms with Crippen molar-refractivity contribution in [3.05, 3.63) is 83.2 Å². The van der Waals surface area contributed by atoms with Crippen molar-refractivity contribution in [2.45, 2.75) is 0 Å². The van der Waals surface area contributed by atoms with Crippen LogP contribution in [0.3, 0.4) is 0 Å². The molecule has 1 aliphatic heterocycles. The summed E-state index contributed by atoms with van der Waals surface area (Å²) >= 11 is 0. The van der Waals surface area contributed by atoms with Gasteiger partial charge in [-0.25, -0.2) is 0 Å². The average molecular weight is 260 g/mol. The van der Waals surface area contributed by atoms with Crippen molar-refractivity contribution in [3.63, 3.8) is 0 Å².